The fourth-order valence-electron chi connectivity index (χ4n) is 3.30. The molecule has 0 atom stereocenters. The van der Waals surface area contributed by atoms with E-state index in [4.69, 9.17) is 0 Å². The molecule has 6 heteroatoms. The maximum absolute atomic E-state index is 12.4. The zero-order chi connectivity index (χ0) is 17.5. The summed E-state index contributed by atoms with van der Waals surface area (Å²) in [6, 6.07) is 10.2. The van der Waals surface area contributed by atoms with Gasteiger partial charge in [0.25, 0.3) is 0 Å². The number of hydrogen-bond acceptors (Lipinski definition) is 5. The first-order valence-corrected chi connectivity index (χ1v) is 8.92. The quantitative estimate of drug-likeness (QED) is 0.808. The second-order valence-corrected chi connectivity index (χ2v) is 6.48. The smallest absolute Gasteiger partial charge is 0.222 e. The number of nitrogens with zero attached hydrogens (tertiary/aromatic N) is 5. The lowest BCUT2D eigenvalue weighted by molar-refractivity contribution is -0.132. The number of aromatic nitrogens is 3. The summed E-state index contributed by atoms with van der Waals surface area (Å²) in [7, 11) is 2.05. The summed E-state index contributed by atoms with van der Waals surface area (Å²) in [6.45, 7) is 1.63. The van der Waals surface area contributed by atoms with Crippen molar-refractivity contribution < 1.29 is 4.79 Å². The number of anilines is 1. The van der Waals surface area contributed by atoms with Crippen LogP contribution in [0.5, 0.6) is 0 Å². The Balaban J connectivity index is 1.41. The Morgan fingerprint density at radius 2 is 2.04 bits per heavy atom. The van der Waals surface area contributed by atoms with E-state index >= 15 is 0 Å². The molecular weight excluding hydrogens is 314 g/mol. The van der Waals surface area contributed by atoms with Crippen LogP contribution in [0.25, 0.3) is 0 Å². The van der Waals surface area contributed by atoms with E-state index in [0.717, 1.165) is 50.3 Å². The highest BCUT2D eigenvalue weighted by Gasteiger charge is 2.25. The van der Waals surface area contributed by atoms with Crippen molar-refractivity contribution in [3.8, 4) is 0 Å². The summed E-state index contributed by atoms with van der Waals surface area (Å²) in [5.41, 5.74) is 1.06. The lowest BCUT2D eigenvalue weighted by atomic mass is 10.0. The second-order valence-electron chi connectivity index (χ2n) is 6.48. The molecule has 1 fully saturated rings. The highest BCUT2D eigenvalue weighted by molar-refractivity contribution is 5.76. The Hall–Kier alpha value is -2.50. The summed E-state index contributed by atoms with van der Waals surface area (Å²) in [5.74, 6) is 1.15. The number of amides is 1. The van der Waals surface area contributed by atoms with Crippen LogP contribution in [0.4, 0.5) is 5.82 Å². The molecule has 0 aromatic carbocycles. The highest BCUT2D eigenvalue weighted by atomic mass is 16.2. The van der Waals surface area contributed by atoms with Crippen LogP contribution in [0.1, 0.15) is 31.4 Å². The average molecular weight is 339 g/mol. The highest BCUT2D eigenvalue weighted by Crippen LogP contribution is 2.20. The van der Waals surface area contributed by atoms with E-state index in [0.29, 0.717) is 12.5 Å². The van der Waals surface area contributed by atoms with Crippen molar-refractivity contribution in [2.75, 3.05) is 25.0 Å². The number of hydrogen-bond donors (Lipinski definition) is 0. The molecular formula is C19H25N5O. The monoisotopic (exact) mass is 339 g/mol. The van der Waals surface area contributed by atoms with Crippen molar-refractivity contribution in [1.29, 1.82) is 0 Å². The molecule has 2 aromatic heterocycles. The average Bonchev–Trinajstić information content (AvgIpc) is 2.69. The van der Waals surface area contributed by atoms with Gasteiger partial charge in [-0.05, 0) is 49.9 Å². The molecule has 0 spiro atoms. The van der Waals surface area contributed by atoms with E-state index < -0.39 is 0 Å². The van der Waals surface area contributed by atoms with Gasteiger partial charge in [0.05, 0.1) is 0 Å². The lowest BCUT2D eigenvalue weighted by Gasteiger charge is -2.37. The molecule has 2 aromatic rings. The maximum atomic E-state index is 12.4. The lowest BCUT2D eigenvalue weighted by Crippen LogP contribution is -2.45. The first kappa shape index (κ1) is 17.3. The SMILES string of the molecule is CN(c1cccnn1)C1CCN(C(=O)CCCc2ccccn2)CC1. The first-order valence-electron chi connectivity index (χ1n) is 8.92. The number of carbonyl (C=O) groups is 1. The van der Waals surface area contributed by atoms with Crippen molar-refractivity contribution in [3.63, 3.8) is 0 Å². The van der Waals surface area contributed by atoms with Crippen LogP contribution in [0, 0.1) is 0 Å². The van der Waals surface area contributed by atoms with Crippen LogP contribution in [0.15, 0.2) is 42.7 Å². The number of aryl methyl sites for hydroxylation is 1. The van der Waals surface area contributed by atoms with Gasteiger partial charge in [-0.15, -0.1) is 5.10 Å². The minimum Gasteiger partial charge on any atom is -0.355 e. The Labute approximate surface area is 148 Å². The summed E-state index contributed by atoms with van der Waals surface area (Å²) < 4.78 is 0. The first-order chi connectivity index (χ1) is 12.2. The molecule has 3 heterocycles. The van der Waals surface area contributed by atoms with Gasteiger partial charge < -0.3 is 9.80 Å². The molecule has 25 heavy (non-hydrogen) atoms. The van der Waals surface area contributed by atoms with Crippen LogP contribution in [0.2, 0.25) is 0 Å². The molecule has 0 radical (unpaired) electrons. The minimum atomic E-state index is 0.261. The standard InChI is InChI=1S/C19H25N5O/c1-23(18-8-5-13-21-22-18)17-10-14-24(15-11-17)19(25)9-4-7-16-6-2-3-12-20-16/h2-3,5-6,8,12-13,17H,4,7,9-11,14-15H2,1H3. The molecule has 1 aliphatic rings. The Bertz CT molecular complexity index is 656. The van der Waals surface area contributed by atoms with Crippen LogP contribution >= 0.6 is 0 Å². The van der Waals surface area contributed by atoms with E-state index in [2.05, 4.69) is 27.1 Å². The van der Waals surface area contributed by atoms with Crippen molar-refractivity contribution in [2.24, 2.45) is 0 Å². The Kier molecular flexibility index (Phi) is 5.93. The summed E-state index contributed by atoms with van der Waals surface area (Å²) in [4.78, 5) is 20.9. The van der Waals surface area contributed by atoms with E-state index in [1.807, 2.05) is 35.2 Å². The van der Waals surface area contributed by atoms with Gasteiger partial charge >= 0.3 is 0 Å². The number of piperidine rings is 1. The predicted molar refractivity (Wildman–Crippen MR) is 97.2 cm³/mol. The molecule has 0 saturated carbocycles. The van der Waals surface area contributed by atoms with Crippen LogP contribution in [-0.2, 0) is 11.2 Å². The number of pyridine rings is 1. The molecule has 1 amide bonds. The van der Waals surface area contributed by atoms with Gasteiger partial charge in [0.1, 0.15) is 0 Å². The van der Waals surface area contributed by atoms with Crippen LogP contribution in [0.3, 0.4) is 0 Å². The number of carbonyl (C=O) groups excluding carboxylic acids is 1. The topological polar surface area (TPSA) is 62.2 Å². The van der Waals surface area contributed by atoms with Gasteiger partial charge in [-0.3, -0.25) is 9.78 Å². The third-order valence-corrected chi connectivity index (χ3v) is 4.83. The van der Waals surface area contributed by atoms with Gasteiger partial charge in [0.2, 0.25) is 5.91 Å². The molecule has 0 bridgehead atoms. The third-order valence-electron chi connectivity index (χ3n) is 4.83. The van der Waals surface area contributed by atoms with Gasteiger partial charge in [-0.1, -0.05) is 6.07 Å². The summed E-state index contributed by atoms with van der Waals surface area (Å²) in [6.07, 6.45) is 7.74. The van der Waals surface area contributed by atoms with Crippen molar-refractivity contribution in [1.82, 2.24) is 20.1 Å². The van der Waals surface area contributed by atoms with E-state index in [1.54, 1.807) is 12.4 Å². The number of rotatable bonds is 6. The van der Waals surface area contributed by atoms with E-state index in [1.165, 1.54) is 0 Å². The van der Waals surface area contributed by atoms with Crippen molar-refractivity contribution in [3.05, 3.63) is 48.4 Å². The molecule has 0 N–H and O–H groups in total. The zero-order valence-electron chi connectivity index (χ0n) is 14.7. The molecule has 1 aliphatic heterocycles. The fraction of sp³-hybridized carbons (Fsp3) is 0.474. The third kappa shape index (κ3) is 4.75. The van der Waals surface area contributed by atoms with Gasteiger partial charge in [0, 0.05) is 50.7 Å². The maximum Gasteiger partial charge on any atom is 0.222 e. The van der Waals surface area contributed by atoms with E-state index in [-0.39, 0.29) is 5.91 Å². The molecule has 0 aliphatic carbocycles. The zero-order valence-corrected chi connectivity index (χ0v) is 14.7. The molecule has 1 saturated heterocycles. The van der Waals surface area contributed by atoms with Gasteiger partial charge in [0.15, 0.2) is 5.82 Å². The Morgan fingerprint density at radius 3 is 2.72 bits per heavy atom. The molecule has 6 nitrogen and oxygen atoms in total. The second kappa shape index (κ2) is 8.55. The van der Waals surface area contributed by atoms with Crippen LogP contribution in [-0.4, -0.2) is 52.2 Å². The van der Waals surface area contributed by atoms with Gasteiger partial charge in [-0.2, -0.15) is 5.10 Å². The van der Waals surface area contributed by atoms with E-state index in [9.17, 15) is 4.79 Å². The molecule has 132 valence electrons. The largest absolute Gasteiger partial charge is 0.355 e. The molecule has 0 unspecified atom stereocenters. The summed E-state index contributed by atoms with van der Waals surface area (Å²) >= 11 is 0. The van der Waals surface area contributed by atoms with Gasteiger partial charge in [-0.25, -0.2) is 0 Å². The van der Waals surface area contributed by atoms with Crippen molar-refractivity contribution in [2.45, 2.75) is 38.1 Å². The minimum absolute atomic E-state index is 0.261. The Morgan fingerprint density at radius 1 is 1.20 bits per heavy atom. The van der Waals surface area contributed by atoms with Crippen LogP contribution < -0.4 is 4.90 Å². The number of likely N-dealkylation sites (tertiary alicyclic amines) is 1. The molecule has 3 rings (SSSR count). The normalized spacial score (nSPS) is 15.2. The summed E-state index contributed by atoms with van der Waals surface area (Å²) in [5, 5.41) is 8.11. The fourth-order valence-corrected chi connectivity index (χ4v) is 3.30. The van der Waals surface area contributed by atoms with Crippen molar-refractivity contribution >= 4 is 11.7 Å². The predicted octanol–water partition coefficient (Wildman–Crippen LogP) is 2.32.